The van der Waals surface area contributed by atoms with E-state index in [4.69, 9.17) is 10.2 Å². The predicted molar refractivity (Wildman–Crippen MR) is 64.0 cm³/mol. The van der Waals surface area contributed by atoms with Crippen molar-refractivity contribution < 1.29 is 4.42 Å². The van der Waals surface area contributed by atoms with Gasteiger partial charge in [0.2, 0.25) is 5.89 Å². The summed E-state index contributed by atoms with van der Waals surface area (Å²) in [7, 11) is 0. The Balaban J connectivity index is 2.57. The number of rotatable bonds is 2. The van der Waals surface area contributed by atoms with E-state index >= 15 is 0 Å². The van der Waals surface area contributed by atoms with Crippen LogP contribution in [0.2, 0.25) is 0 Å². The van der Waals surface area contributed by atoms with E-state index in [1.165, 1.54) is 11.1 Å². The largest absolute Gasteiger partial charge is 0.439 e. The Labute approximate surface area is 95.3 Å². The number of nitrogens with zero attached hydrogens (tertiary/aromatic N) is 1. The van der Waals surface area contributed by atoms with Gasteiger partial charge >= 0.3 is 0 Å². The number of hydrogen-bond acceptors (Lipinski definition) is 3. The Kier molecular flexibility index (Phi) is 2.79. The molecule has 0 spiro atoms. The maximum atomic E-state index is 5.65. The third-order valence-corrected chi connectivity index (χ3v) is 2.65. The van der Waals surface area contributed by atoms with Crippen LogP contribution in [0, 0.1) is 20.8 Å². The van der Waals surface area contributed by atoms with Gasteiger partial charge in [-0.15, -0.1) is 0 Å². The lowest BCUT2D eigenvalue weighted by atomic mass is 10.0. The van der Waals surface area contributed by atoms with Crippen molar-refractivity contribution in [3.63, 3.8) is 0 Å². The third kappa shape index (κ3) is 1.86. The molecule has 1 aromatic carbocycles. The minimum atomic E-state index is 0.339. The van der Waals surface area contributed by atoms with Crippen molar-refractivity contribution in [3.05, 3.63) is 40.9 Å². The fourth-order valence-electron chi connectivity index (χ4n) is 1.77. The summed E-state index contributed by atoms with van der Waals surface area (Å²) in [6, 6.07) is 6.30. The van der Waals surface area contributed by atoms with Gasteiger partial charge < -0.3 is 10.2 Å². The highest BCUT2D eigenvalue weighted by molar-refractivity contribution is 5.64. The lowest BCUT2D eigenvalue weighted by Gasteiger charge is -2.04. The molecule has 2 N–H and O–H groups in total. The molecule has 0 fully saturated rings. The van der Waals surface area contributed by atoms with Crippen molar-refractivity contribution in [3.8, 4) is 11.3 Å². The van der Waals surface area contributed by atoms with Crippen molar-refractivity contribution in [2.75, 3.05) is 0 Å². The van der Waals surface area contributed by atoms with Gasteiger partial charge in [0, 0.05) is 5.56 Å². The van der Waals surface area contributed by atoms with E-state index in [0.717, 1.165) is 17.0 Å². The molecule has 0 aliphatic heterocycles. The fourth-order valence-corrected chi connectivity index (χ4v) is 1.77. The first-order chi connectivity index (χ1) is 7.61. The maximum Gasteiger partial charge on any atom is 0.208 e. The minimum absolute atomic E-state index is 0.339. The van der Waals surface area contributed by atoms with Crippen LogP contribution in [0.15, 0.2) is 22.6 Å². The summed E-state index contributed by atoms with van der Waals surface area (Å²) >= 11 is 0. The number of oxazole rings is 1. The molecule has 84 valence electrons. The normalized spacial score (nSPS) is 10.8. The number of aromatic nitrogens is 1. The molecule has 0 aliphatic rings. The molecular formula is C13H16N2O. The fraction of sp³-hybridized carbons (Fsp3) is 0.308. The summed E-state index contributed by atoms with van der Waals surface area (Å²) in [4.78, 5) is 4.28. The SMILES string of the molecule is Cc1ccc(C)c(-c2oc(CN)nc2C)c1. The molecule has 0 saturated heterocycles. The molecule has 1 aromatic heterocycles. The highest BCUT2D eigenvalue weighted by Gasteiger charge is 2.12. The third-order valence-electron chi connectivity index (χ3n) is 2.65. The monoisotopic (exact) mass is 216 g/mol. The van der Waals surface area contributed by atoms with Gasteiger partial charge in [0.15, 0.2) is 5.76 Å². The number of nitrogens with two attached hydrogens (primary N) is 1. The minimum Gasteiger partial charge on any atom is -0.439 e. The highest BCUT2D eigenvalue weighted by Crippen LogP contribution is 2.28. The molecule has 0 amide bonds. The number of hydrogen-bond donors (Lipinski definition) is 1. The van der Waals surface area contributed by atoms with E-state index in [-0.39, 0.29) is 0 Å². The standard InChI is InChI=1S/C13H16N2O/c1-8-4-5-9(2)11(6-8)13-10(3)15-12(7-14)16-13/h4-6H,7,14H2,1-3H3. The summed E-state index contributed by atoms with van der Waals surface area (Å²) < 4.78 is 5.65. The van der Waals surface area contributed by atoms with Crippen LogP contribution < -0.4 is 5.73 Å². The van der Waals surface area contributed by atoms with E-state index in [1.807, 2.05) is 6.92 Å². The second kappa shape index (κ2) is 4.10. The molecule has 0 bridgehead atoms. The average molecular weight is 216 g/mol. The van der Waals surface area contributed by atoms with E-state index in [0.29, 0.717) is 12.4 Å². The van der Waals surface area contributed by atoms with Gasteiger partial charge in [-0.25, -0.2) is 4.98 Å². The first-order valence-electron chi connectivity index (χ1n) is 5.36. The van der Waals surface area contributed by atoms with Crippen LogP contribution in [0.4, 0.5) is 0 Å². The van der Waals surface area contributed by atoms with Crippen molar-refractivity contribution in [2.45, 2.75) is 27.3 Å². The molecule has 2 rings (SSSR count). The van der Waals surface area contributed by atoms with Crippen molar-refractivity contribution in [2.24, 2.45) is 5.73 Å². The summed E-state index contributed by atoms with van der Waals surface area (Å²) in [5.74, 6) is 1.43. The van der Waals surface area contributed by atoms with E-state index in [1.54, 1.807) is 0 Å². The molecular weight excluding hydrogens is 200 g/mol. The van der Waals surface area contributed by atoms with Crippen molar-refractivity contribution >= 4 is 0 Å². The van der Waals surface area contributed by atoms with E-state index in [2.05, 4.69) is 37.0 Å². The van der Waals surface area contributed by atoms with Gasteiger partial charge in [0.1, 0.15) is 0 Å². The Morgan fingerprint density at radius 2 is 2.00 bits per heavy atom. The molecule has 3 nitrogen and oxygen atoms in total. The van der Waals surface area contributed by atoms with Crippen LogP contribution >= 0.6 is 0 Å². The lowest BCUT2D eigenvalue weighted by molar-refractivity contribution is 0.509. The molecule has 16 heavy (non-hydrogen) atoms. The molecule has 3 heteroatoms. The van der Waals surface area contributed by atoms with E-state index in [9.17, 15) is 0 Å². The van der Waals surface area contributed by atoms with E-state index < -0.39 is 0 Å². The Morgan fingerprint density at radius 3 is 2.62 bits per heavy atom. The zero-order chi connectivity index (χ0) is 11.7. The highest BCUT2D eigenvalue weighted by atomic mass is 16.4. The Hall–Kier alpha value is -1.61. The molecule has 0 aliphatic carbocycles. The Morgan fingerprint density at radius 1 is 1.25 bits per heavy atom. The summed E-state index contributed by atoms with van der Waals surface area (Å²) in [5, 5.41) is 0. The smallest absolute Gasteiger partial charge is 0.208 e. The quantitative estimate of drug-likeness (QED) is 0.839. The first kappa shape index (κ1) is 10.9. The molecule has 0 atom stereocenters. The van der Waals surface area contributed by atoms with Gasteiger partial charge in [0.25, 0.3) is 0 Å². The molecule has 0 saturated carbocycles. The maximum absolute atomic E-state index is 5.65. The molecule has 0 unspecified atom stereocenters. The Bertz CT molecular complexity index is 515. The van der Waals surface area contributed by atoms with Crippen LogP contribution in [0.3, 0.4) is 0 Å². The van der Waals surface area contributed by atoms with Gasteiger partial charge in [0.05, 0.1) is 12.2 Å². The second-order valence-electron chi connectivity index (χ2n) is 4.04. The topological polar surface area (TPSA) is 52.0 Å². The van der Waals surface area contributed by atoms with Crippen LogP contribution in [-0.4, -0.2) is 4.98 Å². The molecule has 1 heterocycles. The van der Waals surface area contributed by atoms with Crippen molar-refractivity contribution in [1.29, 1.82) is 0 Å². The van der Waals surface area contributed by atoms with Gasteiger partial charge in [-0.05, 0) is 32.4 Å². The van der Waals surface area contributed by atoms with Gasteiger partial charge in [-0.3, -0.25) is 0 Å². The van der Waals surface area contributed by atoms with Crippen molar-refractivity contribution in [1.82, 2.24) is 4.98 Å². The summed E-state index contributed by atoms with van der Waals surface area (Å²) in [5.41, 5.74) is 9.92. The summed E-state index contributed by atoms with van der Waals surface area (Å²) in [6.45, 7) is 6.42. The lowest BCUT2D eigenvalue weighted by Crippen LogP contribution is -1.95. The first-order valence-corrected chi connectivity index (χ1v) is 5.36. The van der Waals surface area contributed by atoms with Crippen LogP contribution in [0.25, 0.3) is 11.3 Å². The zero-order valence-electron chi connectivity index (χ0n) is 9.87. The number of aryl methyl sites for hydroxylation is 3. The number of benzene rings is 1. The molecule has 2 aromatic rings. The average Bonchev–Trinajstić information content (AvgIpc) is 2.63. The van der Waals surface area contributed by atoms with Crippen LogP contribution in [0.5, 0.6) is 0 Å². The zero-order valence-corrected chi connectivity index (χ0v) is 9.87. The van der Waals surface area contributed by atoms with Crippen LogP contribution in [-0.2, 0) is 6.54 Å². The van der Waals surface area contributed by atoms with Gasteiger partial charge in [-0.1, -0.05) is 17.7 Å². The van der Waals surface area contributed by atoms with Crippen LogP contribution in [0.1, 0.15) is 22.7 Å². The summed E-state index contributed by atoms with van der Waals surface area (Å²) in [6.07, 6.45) is 0. The van der Waals surface area contributed by atoms with Gasteiger partial charge in [-0.2, -0.15) is 0 Å². The second-order valence-corrected chi connectivity index (χ2v) is 4.04. The molecule has 0 radical (unpaired) electrons. The predicted octanol–water partition coefficient (Wildman–Crippen LogP) is 2.73.